The highest BCUT2D eigenvalue weighted by Gasteiger charge is 2.33. The number of urea groups is 1. The summed E-state index contributed by atoms with van der Waals surface area (Å²) < 4.78 is 22.4. The maximum absolute atomic E-state index is 12.3. The molecule has 1 aliphatic heterocycles. The van der Waals surface area contributed by atoms with Crippen molar-refractivity contribution in [3.8, 4) is 0 Å². The van der Waals surface area contributed by atoms with E-state index < -0.39 is 14.6 Å². The van der Waals surface area contributed by atoms with Crippen LogP contribution < -0.4 is 10.2 Å². The van der Waals surface area contributed by atoms with Crippen molar-refractivity contribution in [3.05, 3.63) is 29.8 Å². The number of sulfone groups is 1. The van der Waals surface area contributed by atoms with Crippen molar-refractivity contribution in [2.24, 2.45) is 0 Å². The normalized spacial score (nSPS) is 18.5. The van der Waals surface area contributed by atoms with Crippen molar-refractivity contribution in [2.75, 3.05) is 24.2 Å². The van der Waals surface area contributed by atoms with Gasteiger partial charge in [-0.3, -0.25) is 4.90 Å². The lowest BCUT2D eigenvalue weighted by Crippen LogP contribution is -2.48. The minimum atomic E-state index is -3.23. The molecule has 2 amide bonds. The third-order valence-electron chi connectivity index (χ3n) is 4.13. The first-order valence-corrected chi connectivity index (χ1v) is 8.86. The van der Waals surface area contributed by atoms with Crippen molar-refractivity contribution in [1.82, 2.24) is 5.32 Å². The van der Waals surface area contributed by atoms with Gasteiger partial charge in [-0.05, 0) is 25.5 Å². The highest BCUT2D eigenvalue weighted by molar-refractivity contribution is 7.92. The molecule has 1 N–H and O–H groups in total. The molecule has 0 radical (unpaired) electrons. The predicted molar refractivity (Wildman–Crippen MR) is 84.5 cm³/mol. The molecule has 6 heteroatoms. The Bertz CT molecular complexity index is 653. The molecule has 116 valence electrons. The maximum Gasteiger partial charge on any atom is 0.321 e. The summed E-state index contributed by atoms with van der Waals surface area (Å²) in [5.74, 6) is 0.287. The zero-order valence-electron chi connectivity index (χ0n) is 12.9. The van der Waals surface area contributed by atoms with Crippen LogP contribution in [0.15, 0.2) is 24.3 Å². The van der Waals surface area contributed by atoms with Crippen LogP contribution in [0, 0.1) is 0 Å². The molecule has 1 unspecified atom stereocenters. The molecule has 0 fully saturated rings. The van der Waals surface area contributed by atoms with E-state index in [0.29, 0.717) is 6.54 Å². The average molecular weight is 310 g/mol. The van der Waals surface area contributed by atoms with Gasteiger partial charge in [0.2, 0.25) is 0 Å². The fourth-order valence-corrected chi connectivity index (χ4v) is 2.66. The number of rotatable bonds is 3. The third-order valence-corrected chi connectivity index (χ3v) is 6.28. The van der Waals surface area contributed by atoms with E-state index in [2.05, 4.69) is 12.2 Å². The van der Waals surface area contributed by atoms with E-state index in [1.807, 2.05) is 24.3 Å². The molecule has 1 aliphatic rings. The monoisotopic (exact) mass is 310 g/mol. The van der Waals surface area contributed by atoms with Gasteiger partial charge in [0.1, 0.15) is 0 Å². The van der Waals surface area contributed by atoms with Crippen LogP contribution in [0.4, 0.5) is 10.5 Å². The fourth-order valence-electron chi connectivity index (χ4n) is 2.33. The summed E-state index contributed by atoms with van der Waals surface area (Å²) in [4.78, 5) is 14.0. The second kappa shape index (κ2) is 5.33. The van der Waals surface area contributed by atoms with Crippen molar-refractivity contribution < 1.29 is 13.2 Å². The van der Waals surface area contributed by atoms with Crippen LogP contribution in [0.5, 0.6) is 0 Å². The molecule has 0 saturated carbocycles. The minimum absolute atomic E-state index is 0.0950. The van der Waals surface area contributed by atoms with Crippen LogP contribution in [-0.4, -0.2) is 38.5 Å². The van der Waals surface area contributed by atoms with Gasteiger partial charge < -0.3 is 5.32 Å². The Balaban J connectivity index is 2.10. The molecule has 0 aromatic heterocycles. The van der Waals surface area contributed by atoms with Crippen LogP contribution in [0.2, 0.25) is 0 Å². The topological polar surface area (TPSA) is 66.5 Å². The molecule has 0 saturated heterocycles. The maximum atomic E-state index is 12.3. The zero-order chi connectivity index (χ0) is 15.8. The minimum Gasteiger partial charge on any atom is -0.336 e. The molecule has 0 aliphatic carbocycles. The zero-order valence-corrected chi connectivity index (χ0v) is 13.7. The molecule has 2 rings (SSSR count). The molecule has 5 nitrogen and oxygen atoms in total. The van der Waals surface area contributed by atoms with Crippen LogP contribution >= 0.6 is 0 Å². The Morgan fingerprint density at radius 1 is 1.38 bits per heavy atom. The van der Waals surface area contributed by atoms with E-state index in [1.54, 1.807) is 18.7 Å². The number of hydrogen-bond acceptors (Lipinski definition) is 3. The second-order valence-electron chi connectivity index (χ2n) is 6.26. The van der Waals surface area contributed by atoms with Gasteiger partial charge >= 0.3 is 6.03 Å². The number of benzene rings is 1. The number of nitrogens with one attached hydrogen (secondary N) is 1. The van der Waals surface area contributed by atoms with E-state index in [0.717, 1.165) is 11.3 Å². The van der Waals surface area contributed by atoms with Crippen molar-refractivity contribution in [3.63, 3.8) is 0 Å². The number of nitrogens with zero attached hydrogens (tertiary/aromatic N) is 1. The van der Waals surface area contributed by atoms with Crippen molar-refractivity contribution >= 4 is 21.6 Å². The first-order chi connectivity index (χ1) is 9.63. The van der Waals surface area contributed by atoms with Gasteiger partial charge in [-0.1, -0.05) is 25.1 Å². The summed E-state index contributed by atoms with van der Waals surface area (Å²) in [6.45, 7) is 6.01. The van der Waals surface area contributed by atoms with Crippen LogP contribution in [0.3, 0.4) is 0 Å². The Kier molecular flexibility index (Phi) is 4.02. The second-order valence-corrected chi connectivity index (χ2v) is 8.91. The van der Waals surface area contributed by atoms with Gasteiger partial charge in [0.05, 0.1) is 4.75 Å². The number of carbonyl (C=O) groups excluding carboxylic acids is 1. The highest BCUT2D eigenvalue weighted by Crippen LogP contribution is 2.35. The lowest BCUT2D eigenvalue weighted by Gasteiger charge is -2.25. The van der Waals surface area contributed by atoms with E-state index in [4.69, 9.17) is 0 Å². The number of amides is 2. The van der Waals surface area contributed by atoms with Crippen LogP contribution in [0.1, 0.15) is 32.3 Å². The summed E-state index contributed by atoms with van der Waals surface area (Å²) in [6, 6.07) is 7.55. The third kappa shape index (κ3) is 3.05. The van der Waals surface area contributed by atoms with Crippen molar-refractivity contribution in [2.45, 2.75) is 31.4 Å². The molecular formula is C15H22N2O3S. The smallest absolute Gasteiger partial charge is 0.321 e. The molecule has 1 aromatic rings. The van der Waals surface area contributed by atoms with Gasteiger partial charge in [0.25, 0.3) is 0 Å². The molecule has 1 aromatic carbocycles. The van der Waals surface area contributed by atoms with Crippen LogP contribution in [0.25, 0.3) is 0 Å². The van der Waals surface area contributed by atoms with E-state index in [1.165, 1.54) is 6.26 Å². The van der Waals surface area contributed by atoms with Gasteiger partial charge in [0, 0.05) is 31.0 Å². The molecule has 21 heavy (non-hydrogen) atoms. The van der Waals surface area contributed by atoms with Gasteiger partial charge in [-0.2, -0.15) is 0 Å². The van der Waals surface area contributed by atoms with E-state index in [-0.39, 0.29) is 18.5 Å². The lowest BCUT2D eigenvalue weighted by molar-refractivity contribution is 0.245. The van der Waals surface area contributed by atoms with Gasteiger partial charge in [-0.25, -0.2) is 13.2 Å². The number of fused-ring (bicyclic) bond motifs is 1. The summed E-state index contributed by atoms with van der Waals surface area (Å²) in [6.07, 6.45) is 1.19. The standard InChI is InChI=1S/C15H22N2O3S/c1-11-9-17(13-8-6-5-7-12(11)13)14(18)16-10-15(2,3)21(4,19)20/h5-8,11H,9-10H2,1-4H3,(H,16,18). The van der Waals surface area contributed by atoms with Gasteiger partial charge in [-0.15, -0.1) is 0 Å². The lowest BCUT2D eigenvalue weighted by atomic mass is 10.0. The molecule has 1 atom stereocenters. The Morgan fingerprint density at radius 3 is 2.62 bits per heavy atom. The van der Waals surface area contributed by atoms with E-state index in [9.17, 15) is 13.2 Å². The Hall–Kier alpha value is -1.56. The number of anilines is 1. The first kappa shape index (κ1) is 15.8. The summed E-state index contributed by atoms with van der Waals surface area (Å²) in [5, 5.41) is 2.74. The van der Waals surface area contributed by atoms with Crippen molar-refractivity contribution in [1.29, 1.82) is 0 Å². The fraction of sp³-hybridized carbons (Fsp3) is 0.533. The van der Waals surface area contributed by atoms with Gasteiger partial charge in [0.15, 0.2) is 9.84 Å². The molecule has 0 spiro atoms. The number of hydrogen-bond donors (Lipinski definition) is 1. The average Bonchev–Trinajstić information content (AvgIpc) is 2.73. The number of carbonyl (C=O) groups is 1. The molecule has 1 heterocycles. The highest BCUT2D eigenvalue weighted by atomic mass is 32.2. The largest absolute Gasteiger partial charge is 0.336 e. The summed E-state index contributed by atoms with van der Waals surface area (Å²) >= 11 is 0. The Labute approximate surface area is 126 Å². The Morgan fingerprint density at radius 2 is 2.00 bits per heavy atom. The first-order valence-electron chi connectivity index (χ1n) is 6.97. The van der Waals surface area contributed by atoms with E-state index >= 15 is 0 Å². The summed E-state index contributed by atoms with van der Waals surface area (Å²) in [5.41, 5.74) is 2.05. The molecule has 0 bridgehead atoms. The number of para-hydroxylation sites is 1. The van der Waals surface area contributed by atoms with Crippen LogP contribution in [-0.2, 0) is 9.84 Å². The summed E-state index contributed by atoms with van der Waals surface area (Å²) in [7, 11) is -3.23. The molecular weight excluding hydrogens is 288 g/mol. The SMILES string of the molecule is CC1CN(C(=O)NCC(C)(C)S(C)(=O)=O)c2ccccc21. The quantitative estimate of drug-likeness (QED) is 0.930. The predicted octanol–water partition coefficient (Wildman–Crippen LogP) is 2.14.